The first kappa shape index (κ1) is 13.6. The van der Waals surface area contributed by atoms with Gasteiger partial charge in [-0.15, -0.1) is 0 Å². The van der Waals surface area contributed by atoms with Crippen molar-refractivity contribution in [1.29, 1.82) is 0 Å². The summed E-state index contributed by atoms with van der Waals surface area (Å²) in [5, 5.41) is 9.17. The number of hydrogen-bond acceptors (Lipinski definition) is 3. The Morgan fingerprint density at radius 2 is 1.95 bits per heavy atom. The Kier molecular flexibility index (Phi) is 4.22. The summed E-state index contributed by atoms with van der Waals surface area (Å²) in [4.78, 5) is 4.13. The van der Waals surface area contributed by atoms with E-state index in [2.05, 4.69) is 16.5 Å². The van der Waals surface area contributed by atoms with Gasteiger partial charge in [0.05, 0.1) is 24.8 Å². The van der Waals surface area contributed by atoms with Crippen LogP contribution in [0.2, 0.25) is 0 Å². The smallest absolute Gasteiger partial charge is 0.130 e. The normalized spacial score (nSPS) is 10.7. The lowest BCUT2D eigenvalue weighted by molar-refractivity contribution is 0.279. The number of aryl methyl sites for hydroxylation is 3. The third kappa shape index (κ3) is 2.96. The average Bonchev–Trinajstić information content (AvgIpc) is 2.85. The van der Waals surface area contributed by atoms with Gasteiger partial charge in [0.2, 0.25) is 0 Å². The Hall–Kier alpha value is -1.81. The molecule has 0 atom stereocenters. The molecule has 0 aliphatic rings. The molecule has 0 amide bonds. The molecule has 0 bridgehead atoms. The molecule has 0 saturated heterocycles. The molecule has 0 aliphatic heterocycles. The largest absolute Gasteiger partial charge is 0.487 e. The maximum atomic E-state index is 9.17. The van der Waals surface area contributed by atoms with Crippen molar-refractivity contribution in [2.45, 2.75) is 40.5 Å². The van der Waals surface area contributed by atoms with Crippen LogP contribution in [0.5, 0.6) is 5.75 Å². The fourth-order valence-corrected chi connectivity index (χ4v) is 2.26. The molecule has 19 heavy (non-hydrogen) atoms. The molecular weight excluding hydrogens is 240 g/mol. The van der Waals surface area contributed by atoms with Gasteiger partial charge in [0.15, 0.2) is 0 Å². The molecule has 1 aromatic heterocycles. The number of aromatic nitrogens is 2. The zero-order chi connectivity index (χ0) is 13.8. The van der Waals surface area contributed by atoms with Gasteiger partial charge in [-0.1, -0.05) is 12.1 Å². The highest BCUT2D eigenvalue weighted by atomic mass is 16.5. The number of nitrogens with zero attached hydrogens (tertiary/aromatic N) is 2. The van der Waals surface area contributed by atoms with Crippen molar-refractivity contribution in [3.63, 3.8) is 0 Å². The molecule has 1 heterocycles. The standard InChI is InChI=1S/C15H20N2O2/c1-4-17-10-16-7-14(17)9-19-15-11(2)5-13(8-18)6-12(15)3/h5-7,10,18H,4,8-9H2,1-3H3. The van der Waals surface area contributed by atoms with Crippen LogP contribution in [0.25, 0.3) is 0 Å². The van der Waals surface area contributed by atoms with E-state index in [9.17, 15) is 5.11 Å². The van der Waals surface area contributed by atoms with Gasteiger partial charge >= 0.3 is 0 Å². The lowest BCUT2D eigenvalue weighted by Gasteiger charge is -2.14. The molecule has 0 aliphatic carbocycles. The summed E-state index contributed by atoms with van der Waals surface area (Å²) in [5.41, 5.74) is 4.08. The highest BCUT2D eigenvalue weighted by Crippen LogP contribution is 2.25. The number of ether oxygens (including phenoxy) is 1. The lowest BCUT2D eigenvalue weighted by Crippen LogP contribution is -2.05. The summed E-state index contributed by atoms with van der Waals surface area (Å²) < 4.78 is 7.97. The third-order valence-corrected chi connectivity index (χ3v) is 3.21. The summed E-state index contributed by atoms with van der Waals surface area (Å²) >= 11 is 0. The molecule has 0 radical (unpaired) electrons. The van der Waals surface area contributed by atoms with Crippen LogP contribution in [0, 0.1) is 13.8 Å². The van der Waals surface area contributed by atoms with Gasteiger partial charge in [0, 0.05) is 6.54 Å². The van der Waals surface area contributed by atoms with E-state index in [1.54, 1.807) is 0 Å². The van der Waals surface area contributed by atoms with E-state index >= 15 is 0 Å². The van der Waals surface area contributed by atoms with Crippen LogP contribution in [-0.4, -0.2) is 14.7 Å². The molecular formula is C15H20N2O2. The van der Waals surface area contributed by atoms with Gasteiger partial charge in [-0.3, -0.25) is 0 Å². The van der Waals surface area contributed by atoms with E-state index in [4.69, 9.17) is 4.74 Å². The Balaban J connectivity index is 2.16. The van der Waals surface area contributed by atoms with Crippen molar-refractivity contribution >= 4 is 0 Å². The SMILES string of the molecule is CCn1cncc1COc1c(C)cc(CO)cc1C. The predicted octanol–water partition coefficient (Wildman–Crippen LogP) is 2.59. The fraction of sp³-hybridized carbons (Fsp3) is 0.400. The molecule has 2 aromatic rings. The number of aliphatic hydroxyl groups is 1. The minimum Gasteiger partial charge on any atom is -0.487 e. The molecule has 4 nitrogen and oxygen atoms in total. The summed E-state index contributed by atoms with van der Waals surface area (Å²) in [6.07, 6.45) is 3.64. The first-order valence-electron chi connectivity index (χ1n) is 6.48. The minimum atomic E-state index is 0.0601. The van der Waals surface area contributed by atoms with E-state index in [0.717, 1.165) is 34.7 Å². The maximum Gasteiger partial charge on any atom is 0.130 e. The Bertz CT molecular complexity index is 538. The molecule has 1 aromatic carbocycles. The molecule has 1 N–H and O–H groups in total. The second-order valence-electron chi connectivity index (χ2n) is 4.68. The van der Waals surface area contributed by atoms with Crippen LogP contribution in [0.4, 0.5) is 0 Å². The Labute approximate surface area is 113 Å². The summed E-state index contributed by atoms with van der Waals surface area (Å²) in [7, 11) is 0. The summed E-state index contributed by atoms with van der Waals surface area (Å²) in [6.45, 7) is 7.54. The van der Waals surface area contributed by atoms with Gasteiger partial charge in [-0.2, -0.15) is 0 Å². The van der Waals surface area contributed by atoms with E-state index in [-0.39, 0.29) is 6.61 Å². The number of hydrogen-bond donors (Lipinski definition) is 1. The molecule has 0 spiro atoms. The van der Waals surface area contributed by atoms with Gasteiger partial charge < -0.3 is 14.4 Å². The van der Waals surface area contributed by atoms with E-state index in [1.807, 2.05) is 38.5 Å². The first-order valence-corrected chi connectivity index (χ1v) is 6.48. The first-order chi connectivity index (χ1) is 9.15. The van der Waals surface area contributed by atoms with E-state index < -0.39 is 0 Å². The number of imidazole rings is 1. The van der Waals surface area contributed by atoms with Crippen molar-refractivity contribution in [2.75, 3.05) is 0 Å². The molecule has 0 unspecified atom stereocenters. The van der Waals surface area contributed by atoms with Crippen molar-refractivity contribution in [2.24, 2.45) is 0 Å². The second-order valence-corrected chi connectivity index (χ2v) is 4.68. The highest BCUT2D eigenvalue weighted by molar-refractivity contribution is 5.43. The minimum absolute atomic E-state index is 0.0601. The summed E-state index contributed by atoms with van der Waals surface area (Å²) in [6, 6.07) is 3.92. The maximum absolute atomic E-state index is 9.17. The van der Waals surface area contributed by atoms with Gasteiger partial charge in [0.25, 0.3) is 0 Å². The van der Waals surface area contributed by atoms with Crippen LogP contribution in [0.15, 0.2) is 24.7 Å². The summed E-state index contributed by atoms with van der Waals surface area (Å²) in [5.74, 6) is 0.890. The van der Waals surface area contributed by atoms with Gasteiger partial charge in [-0.05, 0) is 37.5 Å². The lowest BCUT2D eigenvalue weighted by atomic mass is 10.1. The zero-order valence-corrected chi connectivity index (χ0v) is 11.7. The molecule has 0 saturated carbocycles. The third-order valence-electron chi connectivity index (χ3n) is 3.21. The van der Waals surface area contributed by atoms with Crippen molar-refractivity contribution < 1.29 is 9.84 Å². The predicted molar refractivity (Wildman–Crippen MR) is 74.1 cm³/mol. The topological polar surface area (TPSA) is 47.3 Å². The van der Waals surface area contributed by atoms with Crippen LogP contribution in [0.3, 0.4) is 0 Å². The quantitative estimate of drug-likeness (QED) is 0.899. The molecule has 0 fully saturated rings. The molecule has 102 valence electrons. The van der Waals surface area contributed by atoms with Gasteiger partial charge in [0.1, 0.15) is 12.4 Å². The van der Waals surface area contributed by atoms with Crippen LogP contribution in [0.1, 0.15) is 29.3 Å². The Morgan fingerprint density at radius 1 is 1.26 bits per heavy atom. The molecule has 4 heteroatoms. The van der Waals surface area contributed by atoms with Crippen LogP contribution in [-0.2, 0) is 19.8 Å². The van der Waals surface area contributed by atoms with E-state index in [0.29, 0.717) is 6.61 Å². The Morgan fingerprint density at radius 3 is 2.53 bits per heavy atom. The highest BCUT2D eigenvalue weighted by Gasteiger charge is 2.08. The van der Waals surface area contributed by atoms with Gasteiger partial charge in [-0.25, -0.2) is 4.98 Å². The zero-order valence-electron chi connectivity index (χ0n) is 11.7. The van der Waals surface area contributed by atoms with E-state index in [1.165, 1.54) is 0 Å². The number of rotatable bonds is 5. The van der Waals surface area contributed by atoms with Crippen molar-refractivity contribution in [3.8, 4) is 5.75 Å². The van der Waals surface area contributed by atoms with Crippen LogP contribution >= 0.6 is 0 Å². The fourth-order valence-electron chi connectivity index (χ4n) is 2.26. The van der Waals surface area contributed by atoms with Crippen molar-refractivity contribution in [1.82, 2.24) is 9.55 Å². The number of benzene rings is 1. The monoisotopic (exact) mass is 260 g/mol. The average molecular weight is 260 g/mol. The molecule has 2 rings (SSSR count). The van der Waals surface area contributed by atoms with Crippen LogP contribution < -0.4 is 4.74 Å². The van der Waals surface area contributed by atoms with Crippen molar-refractivity contribution in [3.05, 3.63) is 47.0 Å². The number of aliphatic hydroxyl groups excluding tert-OH is 1. The second kappa shape index (κ2) is 5.89.